The normalized spacial score (nSPS) is 10.4. The fraction of sp³-hybridized carbons (Fsp3) is 0.545. The van der Waals surface area contributed by atoms with Crippen LogP contribution in [0.2, 0.25) is 0 Å². The van der Waals surface area contributed by atoms with Gasteiger partial charge in [-0.2, -0.15) is 0 Å². The van der Waals surface area contributed by atoms with Gasteiger partial charge < -0.3 is 36.7 Å². The van der Waals surface area contributed by atoms with E-state index in [2.05, 4.69) is 5.32 Å². The summed E-state index contributed by atoms with van der Waals surface area (Å²) in [5, 5.41) is 2.62. The summed E-state index contributed by atoms with van der Waals surface area (Å²) in [6.45, 7) is 1.00. The quantitative estimate of drug-likeness (QED) is 0.175. The highest BCUT2D eigenvalue weighted by atomic mass is 35.5. The summed E-state index contributed by atoms with van der Waals surface area (Å²) in [5.74, 6) is -1.95. The molecule has 11 nitrogen and oxygen atoms in total. The number of ether oxygens (including phenoxy) is 3. The molecule has 0 aliphatic rings. The maximum Gasteiger partial charge on any atom is 0.328 e. The summed E-state index contributed by atoms with van der Waals surface area (Å²) in [7, 11) is 1.22. The Kier molecular flexibility index (Phi) is 23.5. The molecule has 7 N–H and O–H groups in total. The van der Waals surface area contributed by atoms with E-state index < -0.39 is 23.9 Å². The monoisotopic (exact) mass is 574 g/mol. The highest BCUT2D eigenvalue weighted by molar-refractivity contribution is 5.86. The number of nitrogens with two attached hydrogens (primary N) is 3. The second-order valence-corrected chi connectivity index (χ2v) is 7.25. The standard InChI is InChI=1S/C22H34N4O7.3ClH/c1-31-22(30)16(26-19(27)5-2-10-23)13-15-8-9-17(32-20(28)6-3-11-24)18(14-15)33-21(29)7-4-12-25;;;/h8-9,14,16H,2-7,10-13,23-25H2,1H3,(H,26,27);3*1H. The minimum atomic E-state index is -0.959. The second kappa shape index (κ2) is 22.1. The van der Waals surface area contributed by atoms with E-state index in [9.17, 15) is 19.2 Å². The van der Waals surface area contributed by atoms with Gasteiger partial charge >= 0.3 is 17.9 Å². The van der Waals surface area contributed by atoms with Crippen LogP contribution in [-0.4, -0.2) is 56.6 Å². The lowest BCUT2D eigenvalue weighted by atomic mass is 10.0. The fourth-order valence-corrected chi connectivity index (χ4v) is 2.78. The maximum absolute atomic E-state index is 12.2. The van der Waals surface area contributed by atoms with Crippen LogP contribution in [0.15, 0.2) is 18.2 Å². The molecule has 1 unspecified atom stereocenters. The highest BCUT2D eigenvalue weighted by Crippen LogP contribution is 2.30. The van der Waals surface area contributed by atoms with E-state index in [4.69, 9.17) is 31.4 Å². The van der Waals surface area contributed by atoms with Crippen LogP contribution in [0.4, 0.5) is 0 Å². The fourth-order valence-electron chi connectivity index (χ4n) is 2.78. The van der Waals surface area contributed by atoms with Gasteiger partial charge in [-0.25, -0.2) is 4.79 Å². The minimum Gasteiger partial charge on any atom is -0.467 e. The summed E-state index contributed by atoms with van der Waals surface area (Å²) in [4.78, 5) is 48.4. The molecular formula is C22H37Cl3N4O7. The molecule has 0 fully saturated rings. The van der Waals surface area contributed by atoms with Crippen molar-refractivity contribution in [3.8, 4) is 11.5 Å². The third-order valence-electron chi connectivity index (χ3n) is 4.49. The molecule has 0 saturated heterocycles. The van der Waals surface area contributed by atoms with Crippen molar-refractivity contribution in [3.63, 3.8) is 0 Å². The summed E-state index contributed by atoms with van der Waals surface area (Å²) < 4.78 is 15.5. The zero-order valence-corrected chi connectivity index (χ0v) is 22.6. The van der Waals surface area contributed by atoms with Crippen molar-refractivity contribution in [1.29, 1.82) is 0 Å². The van der Waals surface area contributed by atoms with Gasteiger partial charge in [0.15, 0.2) is 11.5 Å². The largest absolute Gasteiger partial charge is 0.467 e. The lowest BCUT2D eigenvalue weighted by molar-refractivity contribution is -0.145. The van der Waals surface area contributed by atoms with Crippen LogP contribution in [0.25, 0.3) is 0 Å². The smallest absolute Gasteiger partial charge is 0.328 e. The van der Waals surface area contributed by atoms with Crippen molar-refractivity contribution in [2.45, 2.75) is 51.0 Å². The number of halogens is 3. The molecule has 0 aliphatic carbocycles. The number of hydrogen-bond acceptors (Lipinski definition) is 10. The lowest BCUT2D eigenvalue weighted by Gasteiger charge is -2.18. The maximum atomic E-state index is 12.2. The van der Waals surface area contributed by atoms with E-state index >= 15 is 0 Å². The minimum absolute atomic E-state index is 0. The summed E-state index contributed by atoms with van der Waals surface area (Å²) >= 11 is 0. The van der Waals surface area contributed by atoms with Crippen LogP contribution < -0.4 is 32.0 Å². The van der Waals surface area contributed by atoms with Gasteiger partial charge in [0.2, 0.25) is 5.91 Å². The number of amides is 1. The van der Waals surface area contributed by atoms with Crippen molar-refractivity contribution >= 4 is 61.0 Å². The molecule has 0 aromatic heterocycles. The first-order chi connectivity index (χ1) is 15.8. The molecule has 1 rings (SSSR count). The molecular weight excluding hydrogens is 539 g/mol. The Labute approximate surface area is 229 Å². The van der Waals surface area contributed by atoms with E-state index in [1.807, 2.05) is 0 Å². The summed E-state index contributed by atoms with van der Waals surface area (Å²) in [6, 6.07) is 3.59. The molecule has 1 amide bonds. The van der Waals surface area contributed by atoms with E-state index in [1.165, 1.54) is 19.2 Å². The van der Waals surface area contributed by atoms with E-state index in [-0.39, 0.29) is 80.3 Å². The van der Waals surface area contributed by atoms with Crippen LogP contribution in [0.5, 0.6) is 11.5 Å². The van der Waals surface area contributed by atoms with Gasteiger partial charge in [0.25, 0.3) is 0 Å². The Morgan fingerprint density at radius 2 is 1.31 bits per heavy atom. The average molecular weight is 576 g/mol. The molecule has 1 aromatic rings. The Morgan fingerprint density at radius 3 is 1.81 bits per heavy atom. The van der Waals surface area contributed by atoms with Gasteiger partial charge in [0, 0.05) is 25.7 Å². The van der Waals surface area contributed by atoms with Crippen molar-refractivity contribution in [1.82, 2.24) is 5.32 Å². The molecule has 1 aromatic carbocycles. The summed E-state index contributed by atoms with van der Waals surface area (Å²) in [6.07, 6.45) is 1.80. The molecule has 0 spiro atoms. The van der Waals surface area contributed by atoms with Gasteiger partial charge in [0.1, 0.15) is 6.04 Å². The Bertz CT molecular complexity index is 816. The molecule has 0 saturated carbocycles. The third-order valence-corrected chi connectivity index (χ3v) is 4.49. The van der Waals surface area contributed by atoms with Crippen LogP contribution in [0, 0.1) is 0 Å². The molecule has 36 heavy (non-hydrogen) atoms. The molecule has 208 valence electrons. The van der Waals surface area contributed by atoms with Crippen molar-refractivity contribution < 1.29 is 33.4 Å². The highest BCUT2D eigenvalue weighted by Gasteiger charge is 2.23. The van der Waals surface area contributed by atoms with E-state index in [1.54, 1.807) is 6.07 Å². The zero-order chi connectivity index (χ0) is 24.6. The third kappa shape index (κ3) is 15.1. The molecule has 0 radical (unpaired) electrons. The Hall–Kier alpha value is -2.15. The van der Waals surface area contributed by atoms with Crippen molar-refractivity contribution in [2.75, 3.05) is 26.7 Å². The summed E-state index contributed by atoms with van der Waals surface area (Å²) in [5.41, 5.74) is 16.8. The number of carbonyl (C=O) groups is 4. The number of nitrogens with one attached hydrogen (secondary N) is 1. The Morgan fingerprint density at radius 1 is 0.806 bits per heavy atom. The molecule has 1 atom stereocenters. The first kappa shape index (κ1) is 38.4. The number of benzene rings is 1. The van der Waals surface area contributed by atoms with E-state index in [0.29, 0.717) is 44.5 Å². The zero-order valence-electron chi connectivity index (χ0n) is 20.2. The molecule has 0 heterocycles. The number of carbonyl (C=O) groups excluding carboxylic acids is 4. The molecule has 0 aliphatic heterocycles. The lowest BCUT2D eigenvalue weighted by Crippen LogP contribution is -2.43. The van der Waals surface area contributed by atoms with Crippen LogP contribution in [0.3, 0.4) is 0 Å². The van der Waals surface area contributed by atoms with Crippen molar-refractivity contribution in [3.05, 3.63) is 23.8 Å². The Balaban J connectivity index is -0.00000363. The molecule has 14 heteroatoms. The van der Waals surface area contributed by atoms with Gasteiger partial charge in [0.05, 0.1) is 7.11 Å². The van der Waals surface area contributed by atoms with Gasteiger partial charge in [-0.15, -0.1) is 37.2 Å². The van der Waals surface area contributed by atoms with Crippen LogP contribution >= 0.6 is 37.2 Å². The van der Waals surface area contributed by atoms with Crippen LogP contribution in [0.1, 0.15) is 44.1 Å². The number of esters is 3. The first-order valence-corrected chi connectivity index (χ1v) is 10.9. The number of rotatable bonds is 15. The van der Waals surface area contributed by atoms with Crippen molar-refractivity contribution in [2.24, 2.45) is 17.2 Å². The first-order valence-electron chi connectivity index (χ1n) is 10.9. The SMILES string of the molecule is COC(=O)C(Cc1ccc(OC(=O)CCCN)c(OC(=O)CCCN)c1)NC(=O)CCCN.Cl.Cl.Cl. The molecule has 0 bridgehead atoms. The van der Waals surface area contributed by atoms with Crippen LogP contribution in [-0.2, 0) is 30.3 Å². The van der Waals surface area contributed by atoms with E-state index in [0.717, 1.165) is 0 Å². The predicted molar refractivity (Wildman–Crippen MR) is 142 cm³/mol. The number of methoxy groups -OCH3 is 1. The van der Waals surface area contributed by atoms with Gasteiger partial charge in [-0.05, 0) is 56.6 Å². The number of hydrogen-bond donors (Lipinski definition) is 4. The topological polar surface area (TPSA) is 186 Å². The average Bonchev–Trinajstić information content (AvgIpc) is 2.80. The van der Waals surface area contributed by atoms with Gasteiger partial charge in [-0.1, -0.05) is 6.07 Å². The van der Waals surface area contributed by atoms with Gasteiger partial charge in [-0.3, -0.25) is 14.4 Å². The predicted octanol–water partition coefficient (Wildman–Crippen LogP) is 1.18. The second-order valence-electron chi connectivity index (χ2n) is 7.25.